The van der Waals surface area contributed by atoms with Crippen LogP contribution in [0.2, 0.25) is 19.6 Å². The van der Waals surface area contributed by atoms with Crippen LogP contribution in [0, 0.1) is 13.5 Å². The van der Waals surface area contributed by atoms with Crippen molar-refractivity contribution >= 4 is 31.1 Å². The Morgan fingerprint density at radius 2 is 1.30 bits per heavy atom. The zero-order chi connectivity index (χ0) is 7.91. The molecule has 0 bridgehead atoms. The topological polar surface area (TPSA) is 0 Å². The molecule has 0 amide bonds. The third-order valence-electron chi connectivity index (χ3n) is 0.354. The van der Waals surface area contributed by atoms with Gasteiger partial charge in [0.05, 0.1) is 0 Å². The first kappa shape index (κ1) is 17.2. The Morgan fingerprint density at radius 1 is 1.20 bits per heavy atom. The smallest absolute Gasteiger partial charge is 0.343 e. The molecule has 2 heteroatoms. The maximum atomic E-state index is 3.91. The van der Waals surface area contributed by atoms with Crippen molar-refractivity contribution in [2.45, 2.75) is 39.4 Å². The summed E-state index contributed by atoms with van der Waals surface area (Å²) in [6.45, 7) is 16.3. The fraction of sp³-hybridized carbons (Fsp3) is 0.750. The third-order valence-corrected chi connectivity index (χ3v) is 0.354. The van der Waals surface area contributed by atoms with Crippen molar-refractivity contribution in [2.24, 2.45) is 0 Å². The monoisotopic (exact) mass is 168 g/mol. The zero-order valence-electron chi connectivity index (χ0n) is 8.04. The summed E-state index contributed by atoms with van der Waals surface area (Å²) in [5.41, 5.74) is 0. The van der Waals surface area contributed by atoms with E-state index in [0.717, 1.165) is 6.42 Å². The Balaban J connectivity index is -0.0000000910. The molecule has 0 saturated carbocycles. The van der Waals surface area contributed by atoms with E-state index in [-0.39, 0.29) is 23.1 Å². The van der Waals surface area contributed by atoms with Crippen LogP contribution in [-0.2, 0) is 0 Å². The van der Waals surface area contributed by atoms with E-state index in [0.29, 0.717) is 0 Å². The molecule has 0 radical (unpaired) electrons. The molecule has 0 spiro atoms. The van der Waals surface area contributed by atoms with E-state index in [4.69, 9.17) is 0 Å². The van der Waals surface area contributed by atoms with E-state index >= 15 is 0 Å². The molecule has 0 nitrogen and oxygen atoms in total. The van der Waals surface area contributed by atoms with Gasteiger partial charge in [-0.1, -0.05) is 33.0 Å². The van der Waals surface area contributed by atoms with E-state index in [1.54, 1.807) is 0 Å². The summed E-state index contributed by atoms with van der Waals surface area (Å²) in [7, 11) is -0.861. The van der Waals surface area contributed by atoms with Crippen LogP contribution < -0.4 is 0 Å². The maximum Gasteiger partial charge on any atom is 2.00 e. The maximum absolute atomic E-state index is 3.91. The van der Waals surface area contributed by atoms with E-state index in [1.165, 1.54) is 6.42 Å². The molecule has 58 valence electrons. The van der Waals surface area contributed by atoms with Crippen LogP contribution in [0.25, 0.3) is 0 Å². The van der Waals surface area contributed by atoms with Gasteiger partial charge in [-0.25, -0.2) is 0 Å². The van der Waals surface area contributed by atoms with Crippen LogP contribution in [0.1, 0.15) is 19.8 Å². The number of hydrogen-bond acceptors (Lipinski definition) is 0. The van der Waals surface area contributed by atoms with Gasteiger partial charge in [0.1, 0.15) is 0 Å². The Bertz CT molecular complexity index is 39.7. The van der Waals surface area contributed by atoms with Crippen LogP contribution in [0.5, 0.6) is 0 Å². The SMILES string of the molecule is [CH2-]CCC.[CH2-][Si](C)(C)C.[Mg+2]. The van der Waals surface area contributed by atoms with Crippen molar-refractivity contribution in [3.05, 3.63) is 13.5 Å². The summed E-state index contributed by atoms with van der Waals surface area (Å²) in [6.07, 6.45) is 2.28. The minimum atomic E-state index is -0.861. The minimum Gasteiger partial charge on any atom is -0.343 e. The van der Waals surface area contributed by atoms with Crippen molar-refractivity contribution in [3.8, 4) is 0 Å². The molecule has 0 saturated heterocycles. The molecule has 0 fully saturated rings. The second kappa shape index (κ2) is 9.98. The fourth-order valence-corrected chi connectivity index (χ4v) is 0. The van der Waals surface area contributed by atoms with Gasteiger partial charge in [-0.15, -0.1) is 8.07 Å². The predicted molar refractivity (Wildman–Crippen MR) is 54.7 cm³/mol. The predicted octanol–water partition coefficient (Wildman–Crippen LogP) is 2.94. The average Bonchev–Trinajstić information content (AvgIpc) is 1.61. The fourth-order valence-electron chi connectivity index (χ4n) is 0. The molecule has 0 heterocycles. The van der Waals surface area contributed by atoms with Crippen molar-refractivity contribution in [1.82, 2.24) is 0 Å². The molecule has 0 aliphatic heterocycles. The van der Waals surface area contributed by atoms with Crippen molar-refractivity contribution in [1.29, 1.82) is 0 Å². The summed E-state index contributed by atoms with van der Waals surface area (Å²) < 4.78 is 0. The Hall–Kier alpha value is 0.983. The molecule has 0 aromatic heterocycles. The van der Waals surface area contributed by atoms with E-state index in [1.807, 2.05) is 0 Å². The van der Waals surface area contributed by atoms with Gasteiger partial charge < -0.3 is 13.5 Å². The second-order valence-corrected chi connectivity index (χ2v) is 8.54. The average molecular weight is 169 g/mol. The molecule has 0 N–H and O–H groups in total. The second-order valence-electron chi connectivity index (χ2n) is 3.41. The molecule has 10 heavy (non-hydrogen) atoms. The summed E-state index contributed by atoms with van der Waals surface area (Å²) in [4.78, 5) is 0. The quantitative estimate of drug-likeness (QED) is 0.417. The van der Waals surface area contributed by atoms with E-state index in [9.17, 15) is 0 Å². The van der Waals surface area contributed by atoms with E-state index in [2.05, 4.69) is 40.0 Å². The molecule has 0 atom stereocenters. The van der Waals surface area contributed by atoms with Gasteiger partial charge in [0.25, 0.3) is 0 Å². The number of rotatable bonds is 1. The van der Waals surface area contributed by atoms with Crippen molar-refractivity contribution in [3.63, 3.8) is 0 Å². The van der Waals surface area contributed by atoms with Gasteiger partial charge in [0, 0.05) is 0 Å². The summed E-state index contributed by atoms with van der Waals surface area (Å²) in [5.74, 6) is 0. The first-order valence-corrected chi connectivity index (χ1v) is 7.27. The molecular formula is C8H20MgSi. The van der Waals surface area contributed by atoms with Gasteiger partial charge in [0.2, 0.25) is 0 Å². The van der Waals surface area contributed by atoms with Crippen molar-refractivity contribution < 1.29 is 0 Å². The largest absolute Gasteiger partial charge is 2.00 e. The van der Waals surface area contributed by atoms with Crippen LogP contribution in [0.3, 0.4) is 0 Å². The van der Waals surface area contributed by atoms with E-state index < -0.39 is 8.07 Å². The molecule has 0 aliphatic rings. The molecule has 0 aromatic carbocycles. The number of hydrogen-bond donors (Lipinski definition) is 0. The Kier molecular flexibility index (Phi) is 17.1. The molecule has 0 rings (SSSR count). The van der Waals surface area contributed by atoms with Gasteiger partial charge in [-0.2, -0.15) is 6.42 Å². The van der Waals surface area contributed by atoms with Gasteiger partial charge in [-0.05, 0) is 0 Å². The molecular weight excluding hydrogens is 148 g/mol. The normalized spacial score (nSPS) is 9.00. The molecule has 0 aromatic rings. The van der Waals surface area contributed by atoms with Gasteiger partial charge >= 0.3 is 23.1 Å². The van der Waals surface area contributed by atoms with Crippen molar-refractivity contribution in [2.75, 3.05) is 0 Å². The Labute approximate surface area is 84.0 Å². The van der Waals surface area contributed by atoms with Gasteiger partial charge in [-0.3, -0.25) is 0 Å². The van der Waals surface area contributed by atoms with Crippen LogP contribution >= 0.6 is 0 Å². The first-order chi connectivity index (χ1) is 3.91. The number of unbranched alkanes of at least 4 members (excludes halogenated alkanes) is 1. The summed E-state index contributed by atoms with van der Waals surface area (Å²) in [6, 6.07) is 0. The van der Waals surface area contributed by atoms with Crippen LogP contribution in [0.4, 0.5) is 0 Å². The molecule has 0 unspecified atom stereocenters. The van der Waals surface area contributed by atoms with Gasteiger partial charge in [0.15, 0.2) is 0 Å². The van der Waals surface area contributed by atoms with Crippen LogP contribution in [0.15, 0.2) is 0 Å². The molecule has 0 aliphatic carbocycles. The first-order valence-electron chi connectivity index (χ1n) is 3.56. The summed E-state index contributed by atoms with van der Waals surface area (Å²) >= 11 is 0. The zero-order valence-corrected chi connectivity index (χ0v) is 10.4. The van der Waals surface area contributed by atoms with Crippen LogP contribution in [-0.4, -0.2) is 31.1 Å². The summed E-state index contributed by atoms with van der Waals surface area (Å²) in [5, 5.41) is 0. The third kappa shape index (κ3) is 146. The Morgan fingerprint density at radius 3 is 1.30 bits per heavy atom. The minimum absolute atomic E-state index is 0. The standard InChI is InChI=1S/C4H11Si.C4H9.Mg/c1-5(2,3)4;1-3-4-2;/h1H2,2-4H3;1,3-4H2,2H3;/q2*-1;+2.